The van der Waals surface area contributed by atoms with Gasteiger partial charge in [0.2, 0.25) is 10.0 Å². The maximum absolute atomic E-state index is 14.2. The van der Waals surface area contributed by atoms with Gasteiger partial charge in [-0.15, -0.1) is 11.8 Å². The van der Waals surface area contributed by atoms with Gasteiger partial charge in [-0.05, 0) is 42.0 Å². The van der Waals surface area contributed by atoms with Gasteiger partial charge in [-0.2, -0.15) is 4.31 Å². The summed E-state index contributed by atoms with van der Waals surface area (Å²) < 4.78 is 60.8. The first kappa shape index (κ1) is 26.0. The Morgan fingerprint density at radius 3 is 2.24 bits per heavy atom. The first-order valence-electron chi connectivity index (χ1n) is 9.93. The molecule has 3 aromatic rings. The first-order valence-corrected chi connectivity index (χ1v) is 12.7. The fourth-order valence-corrected chi connectivity index (χ4v) is 5.58. The second kappa shape index (κ2) is 11.7. The summed E-state index contributed by atoms with van der Waals surface area (Å²) in [5.41, 5.74) is 0.780. The summed E-state index contributed by atoms with van der Waals surface area (Å²) in [4.78, 5) is 10.9. The van der Waals surface area contributed by atoms with Crippen LogP contribution in [0.3, 0.4) is 0 Å². The highest BCUT2D eigenvalue weighted by atomic mass is 35.5. The zero-order chi connectivity index (χ0) is 24.7. The van der Waals surface area contributed by atoms with Crippen molar-refractivity contribution in [1.29, 1.82) is 0 Å². The van der Waals surface area contributed by atoms with Crippen molar-refractivity contribution in [2.75, 3.05) is 18.9 Å². The van der Waals surface area contributed by atoms with Crippen LogP contribution in [0, 0.1) is 11.6 Å². The van der Waals surface area contributed by atoms with Crippen LogP contribution in [-0.2, 0) is 21.4 Å². The summed E-state index contributed by atoms with van der Waals surface area (Å²) in [6.07, 6.45) is 0. The third-order valence-corrected chi connectivity index (χ3v) is 7.64. The molecule has 0 aliphatic carbocycles. The molecule has 0 unspecified atom stereocenters. The molecule has 0 atom stereocenters. The van der Waals surface area contributed by atoms with Crippen molar-refractivity contribution < 1.29 is 31.8 Å². The normalized spacial score (nSPS) is 11.5. The lowest BCUT2D eigenvalue weighted by Crippen LogP contribution is -2.32. The Hall–Kier alpha value is -2.66. The predicted molar refractivity (Wildman–Crippen MR) is 126 cm³/mol. The quantitative estimate of drug-likeness (QED) is 0.351. The minimum absolute atomic E-state index is 0.0605. The van der Waals surface area contributed by atoms with E-state index in [9.17, 15) is 22.0 Å². The third kappa shape index (κ3) is 6.92. The summed E-state index contributed by atoms with van der Waals surface area (Å²) in [7, 11) is -3.87. The van der Waals surface area contributed by atoms with Crippen LogP contribution in [0.25, 0.3) is 0 Å². The Morgan fingerprint density at radius 2 is 1.65 bits per heavy atom. The predicted octanol–water partition coefficient (Wildman–Crippen LogP) is 5.06. The molecular weight excluding hydrogens is 508 g/mol. The Balaban J connectivity index is 1.75. The number of carbonyl (C=O) groups is 1. The molecular formula is C23H20ClF2NO5S2. The monoisotopic (exact) mass is 527 g/mol. The van der Waals surface area contributed by atoms with Gasteiger partial charge in [0.1, 0.15) is 0 Å². The maximum Gasteiger partial charge on any atom is 0.341 e. The van der Waals surface area contributed by atoms with E-state index in [0.717, 1.165) is 29.5 Å². The molecule has 0 saturated carbocycles. The third-order valence-electron chi connectivity index (χ3n) is 4.57. The van der Waals surface area contributed by atoms with E-state index in [2.05, 4.69) is 4.74 Å². The van der Waals surface area contributed by atoms with Gasteiger partial charge >= 0.3 is 5.97 Å². The second-order valence-corrected chi connectivity index (χ2v) is 10.6. The number of benzene rings is 3. The van der Waals surface area contributed by atoms with E-state index < -0.39 is 40.0 Å². The maximum atomic E-state index is 14.2. The van der Waals surface area contributed by atoms with Crippen LogP contribution in [0.5, 0.6) is 5.75 Å². The molecule has 0 aliphatic rings. The van der Waals surface area contributed by atoms with Crippen LogP contribution >= 0.6 is 23.4 Å². The summed E-state index contributed by atoms with van der Waals surface area (Å²) in [6, 6.07) is 16.9. The molecule has 3 aromatic carbocycles. The number of rotatable bonds is 11. The van der Waals surface area contributed by atoms with E-state index in [4.69, 9.17) is 16.7 Å². The van der Waals surface area contributed by atoms with E-state index in [0.29, 0.717) is 5.02 Å². The standard InChI is InChI=1S/C23H20ClF2NO5S2/c24-17-6-8-19(9-7-17)34(30,31)27(14-16-4-2-1-3-5-16)10-11-33-18-12-20(25)23(21(26)13-18)32-15-22(28)29/h1-9,12-13H,10-11,14-15H2,(H,28,29). The van der Waals surface area contributed by atoms with Crippen molar-refractivity contribution in [2.45, 2.75) is 16.3 Å². The van der Waals surface area contributed by atoms with Crippen LogP contribution in [0.2, 0.25) is 5.02 Å². The van der Waals surface area contributed by atoms with Gasteiger partial charge in [-0.1, -0.05) is 41.9 Å². The molecule has 11 heteroatoms. The van der Waals surface area contributed by atoms with E-state index >= 15 is 0 Å². The van der Waals surface area contributed by atoms with Crippen LogP contribution in [0.4, 0.5) is 8.78 Å². The highest BCUT2D eigenvalue weighted by Crippen LogP contribution is 2.29. The fourth-order valence-electron chi connectivity index (χ4n) is 2.98. The minimum atomic E-state index is -3.87. The van der Waals surface area contributed by atoms with Gasteiger partial charge in [-0.25, -0.2) is 22.0 Å². The Bertz CT molecular complexity index is 1220. The number of carboxylic acids is 1. The van der Waals surface area contributed by atoms with Crippen LogP contribution < -0.4 is 4.74 Å². The summed E-state index contributed by atoms with van der Waals surface area (Å²) in [5, 5.41) is 9.02. The molecule has 0 spiro atoms. The lowest BCUT2D eigenvalue weighted by molar-refractivity contribution is -0.139. The van der Waals surface area contributed by atoms with Gasteiger partial charge in [-0.3, -0.25) is 0 Å². The molecule has 180 valence electrons. The highest BCUT2D eigenvalue weighted by Gasteiger charge is 2.25. The second-order valence-electron chi connectivity index (χ2n) is 7.03. The Kier molecular flexibility index (Phi) is 8.90. The van der Waals surface area contributed by atoms with Crippen molar-refractivity contribution in [3.63, 3.8) is 0 Å². The molecule has 1 N–H and O–H groups in total. The van der Waals surface area contributed by atoms with E-state index in [1.807, 2.05) is 6.07 Å². The van der Waals surface area contributed by atoms with Crippen molar-refractivity contribution >= 4 is 39.4 Å². The molecule has 0 saturated heterocycles. The van der Waals surface area contributed by atoms with Gasteiger partial charge < -0.3 is 9.84 Å². The molecule has 0 bridgehead atoms. The zero-order valence-corrected chi connectivity index (χ0v) is 20.0. The number of ether oxygens (including phenoxy) is 1. The number of hydrogen-bond acceptors (Lipinski definition) is 5. The average molecular weight is 528 g/mol. The molecule has 0 amide bonds. The summed E-state index contributed by atoms with van der Waals surface area (Å²) in [6.45, 7) is -0.709. The molecule has 0 aromatic heterocycles. The molecule has 0 aliphatic heterocycles. The van der Waals surface area contributed by atoms with Gasteiger partial charge in [0.15, 0.2) is 24.0 Å². The molecule has 0 fully saturated rings. The van der Waals surface area contributed by atoms with E-state index in [1.165, 1.54) is 28.6 Å². The molecule has 0 radical (unpaired) electrons. The summed E-state index contributed by atoms with van der Waals surface area (Å²) in [5.74, 6) is -4.02. The van der Waals surface area contributed by atoms with Gasteiger partial charge in [0.25, 0.3) is 0 Å². The topological polar surface area (TPSA) is 83.9 Å². The van der Waals surface area contributed by atoms with E-state index in [1.54, 1.807) is 24.3 Å². The molecule has 34 heavy (non-hydrogen) atoms. The lowest BCUT2D eigenvalue weighted by atomic mass is 10.2. The first-order chi connectivity index (χ1) is 16.2. The number of carboxylic acid groups (broad SMARTS) is 1. The fraction of sp³-hybridized carbons (Fsp3) is 0.174. The molecule has 0 heterocycles. The van der Waals surface area contributed by atoms with Gasteiger partial charge in [0.05, 0.1) is 4.90 Å². The molecule has 6 nitrogen and oxygen atoms in total. The number of hydrogen-bond donors (Lipinski definition) is 1. The zero-order valence-electron chi connectivity index (χ0n) is 17.7. The molecule has 3 rings (SSSR count). The Labute approximate surface area is 205 Å². The van der Waals surface area contributed by atoms with E-state index in [-0.39, 0.29) is 28.6 Å². The van der Waals surface area contributed by atoms with Crippen molar-refractivity contribution in [3.05, 3.63) is 89.0 Å². The number of aliphatic carboxylic acids is 1. The minimum Gasteiger partial charge on any atom is -0.479 e. The smallest absolute Gasteiger partial charge is 0.341 e. The number of halogens is 3. The SMILES string of the molecule is O=C(O)COc1c(F)cc(SCCN(Cc2ccccc2)S(=O)(=O)c2ccc(Cl)cc2)cc1F. The van der Waals surface area contributed by atoms with Gasteiger partial charge in [0, 0.05) is 28.8 Å². The largest absolute Gasteiger partial charge is 0.479 e. The lowest BCUT2D eigenvalue weighted by Gasteiger charge is -2.22. The van der Waals surface area contributed by atoms with Crippen LogP contribution in [-0.4, -0.2) is 42.7 Å². The highest BCUT2D eigenvalue weighted by molar-refractivity contribution is 7.99. The number of thioether (sulfide) groups is 1. The van der Waals surface area contributed by atoms with Crippen molar-refractivity contribution in [3.8, 4) is 5.75 Å². The average Bonchev–Trinajstić information content (AvgIpc) is 2.78. The van der Waals surface area contributed by atoms with Crippen molar-refractivity contribution in [2.24, 2.45) is 0 Å². The van der Waals surface area contributed by atoms with Crippen LogP contribution in [0.15, 0.2) is 76.5 Å². The Morgan fingerprint density at radius 1 is 1.03 bits per heavy atom. The van der Waals surface area contributed by atoms with Crippen molar-refractivity contribution in [1.82, 2.24) is 4.31 Å². The number of nitrogens with zero attached hydrogens (tertiary/aromatic N) is 1. The summed E-state index contributed by atoms with van der Waals surface area (Å²) >= 11 is 6.94. The number of sulfonamides is 1. The van der Waals surface area contributed by atoms with Crippen LogP contribution in [0.1, 0.15) is 5.56 Å².